The van der Waals surface area contributed by atoms with Crippen LogP contribution in [0.2, 0.25) is 0 Å². The highest BCUT2D eigenvalue weighted by Crippen LogP contribution is 2.41. The third kappa shape index (κ3) is 8.68. The predicted octanol–water partition coefficient (Wildman–Crippen LogP) is 9.09. The lowest BCUT2D eigenvalue weighted by molar-refractivity contribution is -0.158. The van der Waals surface area contributed by atoms with E-state index in [1.807, 2.05) is 44.2 Å². The number of pyridine rings is 1. The molecule has 3 aromatic rings. The van der Waals surface area contributed by atoms with Crippen LogP contribution in [0.4, 0.5) is 0 Å². The molecule has 6 heteroatoms. The smallest absolute Gasteiger partial charge is 0.345 e. The zero-order valence-electron chi connectivity index (χ0n) is 26.2. The summed E-state index contributed by atoms with van der Waals surface area (Å²) in [5, 5.41) is 0.788. The molecule has 228 valence electrons. The van der Waals surface area contributed by atoms with Crippen LogP contribution in [-0.4, -0.2) is 24.2 Å². The lowest BCUT2D eigenvalue weighted by Crippen LogP contribution is -2.35. The number of aromatic nitrogens is 1. The molecule has 1 aromatic carbocycles. The first-order valence-electron chi connectivity index (χ1n) is 16.0. The fourth-order valence-corrected chi connectivity index (χ4v) is 5.45. The van der Waals surface area contributed by atoms with Gasteiger partial charge in [-0.15, -0.1) is 0 Å². The van der Waals surface area contributed by atoms with Crippen LogP contribution in [0.15, 0.2) is 51.7 Å². The fourth-order valence-electron chi connectivity index (χ4n) is 5.45. The van der Waals surface area contributed by atoms with Crippen molar-refractivity contribution in [3.05, 3.63) is 58.4 Å². The van der Waals surface area contributed by atoms with Crippen LogP contribution in [0.5, 0.6) is 5.88 Å². The van der Waals surface area contributed by atoms with Gasteiger partial charge in [-0.1, -0.05) is 83.6 Å². The highest BCUT2D eigenvalue weighted by Gasteiger charge is 2.36. The normalized spacial score (nSPS) is 14.3. The maximum absolute atomic E-state index is 12.7. The molecule has 2 heterocycles. The zero-order valence-corrected chi connectivity index (χ0v) is 26.2. The molecule has 1 saturated carbocycles. The van der Waals surface area contributed by atoms with E-state index in [1.54, 1.807) is 0 Å². The maximum Gasteiger partial charge on any atom is 0.345 e. The van der Waals surface area contributed by atoms with Crippen LogP contribution >= 0.6 is 0 Å². The first kappa shape index (κ1) is 31.8. The maximum atomic E-state index is 12.7. The number of carbonyl (C=O) groups excluding carboxylic acids is 1. The number of fused-ring (bicyclic) bond motifs is 1. The van der Waals surface area contributed by atoms with E-state index in [2.05, 4.69) is 37.9 Å². The number of rotatable bonds is 17. The van der Waals surface area contributed by atoms with Gasteiger partial charge in [0.15, 0.2) is 0 Å². The lowest BCUT2D eigenvalue weighted by atomic mass is 9.74. The van der Waals surface area contributed by atoms with E-state index in [-0.39, 0.29) is 17.5 Å². The Hall–Kier alpha value is -3.15. The molecule has 1 aliphatic carbocycles. The second-order valence-electron chi connectivity index (χ2n) is 13.0. The number of hydrogen-bond donors (Lipinski definition) is 0. The average Bonchev–Trinajstić information content (AvgIpc) is 3.82. The summed E-state index contributed by atoms with van der Waals surface area (Å²) in [5.74, 6) is 1.78. The molecule has 0 N–H and O–H groups in total. The van der Waals surface area contributed by atoms with Gasteiger partial charge in [0.2, 0.25) is 11.6 Å². The van der Waals surface area contributed by atoms with Crippen LogP contribution in [0.3, 0.4) is 0 Å². The predicted molar refractivity (Wildman–Crippen MR) is 169 cm³/mol. The largest absolute Gasteiger partial charge is 0.478 e. The van der Waals surface area contributed by atoms with Crippen LogP contribution < -0.4 is 10.4 Å². The van der Waals surface area contributed by atoms with Crippen LogP contribution in [-0.2, 0) is 9.53 Å². The molecule has 0 amide bonds. The molecule has 0 radical (unpaired) electrons. The third-order valence-electron chi connectivity index (χ3n) is 9.01. The Morgan fingerprint density at radius 1 is 0.929 bits per heavy atom. The van der Waals surface area contributed by atoms with Gasteiger partial charge in [0, 0.05) is 11.5 Å². The van der Waals surface area contributed by atoms with Crippen LogP contribution in [0.1, 0.15) is 110 Å². The fraction of sp³-hybridized carbons (Fsp3) is 0.583. The topological polar surface area (TPSA) is 78.6 Å². The molecule has 0 spiro atoms. The summed E-state index contributed by atoms with van der Waals surface area (Å²) in [5.41, 5.74) is 2.25. The summed E-state index contributed by atoms with van der Waals surface area (Å²) in [4.78, 5) is 29.6. The summed E-state index contributed by atoms with van der Waals surface area (Å²) in [6.07, 6.45) is 11.3. The average molecular weight is 576 g/mol. The van der Waals surface area contributed by atoms with Crippen molar-refractivity contribution in [2.45, 2.75) is 105 Å². The molecule has 4 rings (SSSR count). The quantitative estimate of drug-likeness (QED) is 0.118. The first-order chi connectivity index (χ1) is 20.2. The van der Waals surface area contributed by atoms with Gasteiger partial charge in [0.1, 0.15) is 0 Å². The Balaban J connectivity index is 1.09. The standard InChI is InChI=1S/C36H49NO5/c1-25(2)26(3)36(4,5)35(39)41-22-13-11-9-7-6-8-10-12-21-40-32-20-19-30-24-31(34(38)42-33(30)37-32)29-16-14-15-28(23-29)27-17-18-27/h14-16,19-20,23-27H,6-13,17-18,21-22H2,1-5H3. The van der Waals surface area contributed by atoms with Crippen LogP contribution in [0, 0.1) is 17.3 Å². The molecule has 0 bridgehead atoms. The Morgan fingerprint density at radius 2 is 1.60 bits per heavy atom. The summed E-state index contributed by atoms with van der Waals surface area (Å²) < 4.78 is 17.0. The monoisotopic (exact) mass is 575 g/mol. The molecule has 6 nitrogen and oxygen atoms in total. The van der Waals surface area contributed by atoms with Crippen molar-refractivity contribution < 1.29 is 18.7 Å². The van der Waals surface area contributed by atoms with Crippen LogP contribution in [0.25, 0.3) is 22.2 Å². The minimum Gasteiger partial charge on any atom is -0.478 e. The molecule has 1 atom stereocenters. The van der Waals surface area contributed by atoms with E-state index in [0.717, 1.165) is 36.6 Å². The van der Waals surface area contributed by atoms with Gasteiger partial charge in [0.05, 0.1) is 24.2 Å². The van der Waals surface area contributed by atoms with Gasteiger partial charge in [-0.05, 0) is 80.5 Å². The second kappa shape index (κ2) is 14.8. The van der Waals surface area contributed by atoms with E-state index in [9.17, 15) is 9.59 Å². The molecule has 1 unspecified atom stereocenters. The second-order valence-corrected chi connectivity index (χ2v) is 13.0. The minimum absolute atomic E-state index is 0.0754. The number of ether oxygens (including phenoxy) is 2. The summed E-state index contributed by atoms with van der Waals surface area (Å²) in [6, 6.07) is 13.8. The number of unbranched alkanes of at least 4 members (excludes halogenated alkanes) is 7. The van der Waals surface area contributed by atoms with Crippen molar-refractivity contribution in [1.82, 2.24) is 4.98 Å². The molecule has 0 saturated heterocycles. The van der Waals surface area contributed by atoms with Gasteiger partial charge in [0.25, 0.3) is 0 Å². The van der Waals surface area contributed by atoms with Crippen molar-refractivity contribution >= 4 is 17.1 Å². The molecule has 2 aromatic heterocycles. The van der Waals surface area contributed by atoms with Gasteiger partial charge >= 0.3 is 11.6 Å². The first-order valence-corrected chi connectivity index (χ1v) is 16.0. The van der Waals surface area contributed by atoms with Crippen molar-refractivity contribution in [3.63, 3.8) is 0 Å². The molecule has 0 aliphatic heterocycles. The van der Waals surface area contributed by atoms with Crippen molar-refractivity contribution in [3.8, 4) is 17.0 Å². The number of hydrogen-bond acceptors (Lipinski definition) is 6. The Kier molecular flexibility index (Phi) is 11.2. The number of nitrogens with zero attached hydrogens (tertiary/aromatic N) is 1. The van der Waals surface area contributed by atoms with Gasteiger partial charge < -0.3 is 13.9 Å². The van der Waals surface area contributed by atoms with Gasteiger partial charge in [-0.3, -0.25) is 4.79 Å². The van der Waals surface area contributed by atoms with Gasteiger partial charge in [-0.25, -0.2) is 4.79 Å². The van der Waals surface area contributed by atoms with E-state index < -0.39 is 5.41 Å². The minimum atomic E-state index is -0.440. The van der Waals surface area contributed by atoms with Gasteiger partial charge in [-0.2, -0.15) is 4.98 Å². The number of esters is 1. The summed E-state index contributed by atoms with van der Waals surface area (Å²) >= 11 is 0. The lowest BCUT2D eigenvalue weighted by Gasteiger charge is -2.32. The van der Waals surface area contributed by atoms with E-state index in [0.29, 0.717) is 42.2 Å². The summed E-state index contributed by atoms with van der Waals surface area (Å²) in [7, 11) is 0. The molecular formula is C36H49NO5. The highest BCUT2D eigenvalue weighted by atomic mass is 16.5. The third-order valence-corrected chi connectivity index (χ3v) is 9.01. The number of benzene rings is 1. The van der Waals surface area contributed by atoms with E-state index >= 15 is 0 Å². The van der Waals surface area contributed by atoms with E-state index in [1.165, 1.54) is 44.1 Å². The molecule has 1 fully saturated rings. The van der Waals surface area contributed by atoms with E-state index in [4.69, 9.17) is 13.9 Å². The summed E-state index contributed by atoms with van der Waals surface area (Å²) in [6.45, 7) is 11.5. The number of carbonyl (C=O) groups is 1. The molecule has 42 heavy (non-hydrogen) atoms. The van der Waals surface area contributed by atoms with Crippen molar-refractivity contribution in [1.29, 1.82) is 0 Å². The Labute approximate surface area is 251 Å². The Morgan fingerprint density at radius 3 is 2.26 bits per heavy atom. The SMILES string of the molecule is CC(C)C(C)C(C)(C)C(=O)OCCCCCCCCCCOc1ccc2cc(-c3cccc(C4CC4)c3)c(=O)oc2n1. The Bertz CT molecular complexity index is 1370. The molecule has 1 aliphatic rings. The zero-order chi connectivity index (χ0) is 30.1. The highest BCUT2D eigenvalue weighted by molar-refractivity contribution is 5.79. The van der Waals surface area contributed by atoms with Crippen molar-refractivity contribution in [2.24, 2.45) is 17.3 Å². The molecular weight excluding hydrogens is 526 g/mol. The van der Waals surface area contributed by atoms with Crippen molar-refractivity contribution in [2.75, 3.05) is 13.2 Å².